The van der Waals surface area contributed by atoms with Gasteiger partial charge in [-0.15, -0.1) is 0 Å². The van der Waals surface area contributed by atoms with Crippen LogP contribution in [0.4, 0.5) is 0 Å². The molecule has 0 saturated carbocycles. The van der Waals surface area contributed by atoms with Crippen LogP contribution in [0, 0.1) is 6.92 Å². The van der Waals surface area contributed by atoms with E-state index in [2.05, 4.69) is 39.5 Å². The third-order valence-electron chi connectivity index (χ3n) is 6.93. The van der Waals surface area contributed by atoms with E-state index in [4.69, 9.17) is 4.74 Å². The fourth-order valence-corrected chi connectivity index (χ4v) is 4.68. The van der Waals surface area contributed by atoms with Gasteiger partial charge in [-0.1, -0.05) is 58.9 Å². The summed E-state index contributed by atoms with van der Waals surface area (Å²) in [5.41, 5.74) is 3.42. The number of ether oxygens (including phenoxy) is 1. The fraction of sp³-hybridized carbons (Fsp3) is 0.467. The molecule has 1 N–H and O–H groups in total. The molecule has 1 aliphatic heterocycles. The van der Waals surface area contributed by atoms with Gasteiger partial charge in [0.15, 0.2) is 0 Å². The van der Waals surface area contributed by atoms with Gasteiger partial charge in [0, 0.05) is 18.7 Å². The van der Waals surface area contributed by atoms with Crippen molar-refractivity contribution in [2.24, 2.45) is 0 Å². The second-order valence-electron chi connectivity index (χ2n) is 10.3. The van der Waals surface area contributed by atoms with Crippen LogP contribution in [0.15, 0.2) is 48.0 Å². The molecular formula is C30H40N2O4. The van der Waals surface area contributed by atoms with Crippen molar-refractivity contribution in [1.82, 2.24) is 9.80 Å². The number of nitrogens with zero attached hydrogens (tertiary/aromatic N) is 2. The minimum Gasteiger partial charge on any atom is -0.507 e. The Morgan fingerprint density at radius 1 is 1.03 bits per heavy atom. The molecule has 0 aromatic heterocycles. The summed E-state index contributed by atoms with van der Waals surface area (Å²) in [7, 11) is 0. The van der Waals surface area contributed by atoms with Gasteiger partial charge in [-0.2, -0.15) is 0 Å². The number of ketones is 1. The smallest absolute Gasteiger partial charge is 0.295 e. The zero-order valence-corrected chi connectivity index (χ0v) is 22.7. The van der Waals surface area contributed by atoms with Gasteiger partial charge >= 0.3 is 0 Å². The molecule has 1 atom stereocenters. The number of carbonyl (C=O) groups is 2. The van der Waals surface area contributed by atoms with Crippen LogP contribution in [-0.2, 0) is 15.0 Å². The summed E-state index contributed by atoms with van der Waals surface area (Å²) in [6.07, 6.45) is 0. The molecule has 2 aromatic rings. The molecule has 194 valence electrons. The van der Waals surface area contributed by atoms with E-state index in [0.29, 0.717) is 25.3 Å². The molecule has 1 unspecified atom stereocenters. The lowest BCUT2D eigenvalue weighted by atomic mass is 9.85. The number of aliphatic hydroxyl groups excluding tert-OH is 1. The number of aliphatic hydroxyl groups is 1. The Kier molecular flexibility index (Phi) is 8.62. The molecule has 1 aliphatic rings. The van der Waals surface area contributed by atoms with Gasteiger partial charge in [0.2, 0.25) is 0 Å². The molecule has 3 rings (SSSR count). The average molecular weight is 493 g/mol. The van der Waals surface area contributed by atoms with Crippen LogP contribution in [-0.4, -0.2) is 59.4 Å². The van der Waals surface area contributed by atoms with E-state index >= 15 is 0 Å². The molecule has 0 spiro atoms. The molecule has 1 fully saturated rings. The van der Waals surface area contributed by atoms with E-state index in [0.717, 1.165) is 35.5 Å². The Labute approximate surface area is 215 Å². The molecule has 36 heavy (non-hydrogen) atoms. The summed E-state index contributed by atoms with van der Waals surface area (Å²) in [5, 5.41) is 11.4. The van der Waals surface area contributed by atoms with Crippen LogP contribution < -0.4 is 4.74 Å². The quantitative estimate of drug-likeness (QED) is 0.286. The van der Waals surface area contributed by atoms with Crippen LogP contribution in [0.3, 0.4) is 0 Å². The van der Waals surface area contributed by atoms with E-state index in [1.165, 1.54) is 0 Å². The van der Waals surface area contributed by atoms with Crippen molar-refractivity contribution in [3.63, 3.8) is 0 Å². The lowest BCUT2D eigenvalue weighted by molar-refractivity contribution is -0.140. The van der Waals surface area contributed by atoms with Crippen LogP contribution in [0.2, 0.25) is 0 Å². The topological polar surface area (TPSA) is 70.1 Å². The number of likely N-dealkylation sites (tertiary alicyclic amines) is 1. The third-order valence-corrected chi connectivity index (χ3v) is 6.93. The first-order chi connectivity index (χ1) is 17.0. The first-order valence-electron chi connectivity index (χ1n) is 12.9. The van der Waals surface area contributed by atoms with Crippen molar-refractivity contribution in [3.8, 4) is 5.75 Å². The van der Waals surface area contributed by atoms with Crippen molar-refractivity contribution < 1.29 is 19.4 Å². The zero-order valence-electron chi connectivity index (χ0n) is 22.7. The molecule has 0 bridgehead atoms. The molecule has 0 radical (unpaired) electrons. The highest BCUT2D eigenvalue weighted by atomic mass is 16.5. The van der Waals surface area contributed by atoms with Gasteiger partial charge < -0.3 is 19.6 Å². The predicted molar refractivity (Wildman–Crippen MR) is 144 cm³/mol. The number of rotatable bonds is 9. The summed E-state index contributed by atoms with van der Waals surface area (Å²) in [6, 6.07) is 12.7. The van der Waals surface area contributed by atoms with Crippen molar-refractivity contribution >= 4 is 17.4 Å². The Balaban J connectivity index is 2.11. The number of amides is 1. The zero-order chi connectivity index (χ0) is 26.6. The number of benzene rings is 2. The monoisotopic (exact) mass is 492 g/mol. The number of aryl methyl sites for hydroxylation is 1. The summed E-state index contributed by atoms with van der Waals surface area (Å²) in [4.78, 5) is 30.4. The second-order valence-corrected chi connectivity index (χ2v) is 10.3. The number of hydrogen-bond donors (Lipinski definition) is 1. The highest BCUT2D eigenvalue weighted by Crippen LogP contribution is 2.40. The van der Waals surface area contributed by atoms with E-state index in [-0.39, 0.29) is 16.7 Å². The van der Waals surface area contributed by atoms with Crippen molar-refractivity contribution in [2.75, 3.05) is 32.8 Å². The van der Waals surface area contributed by atoms with Gasteiger partial charge in [-0.05, 0) is 67.2 Å². The van der Waals surface area contributed by atoms with Crippen molar-refractivity contribution in [2.45, 2.75) is 59.9 Å². The maximum atomic E-state index is 13.3. The highest BCUT2D eigenvalue weighted by molar-refractivity contribution is 6.46. The second kappa shape index (κ2) is 11.3. The molecule has 1 amide bonds. The number of Topliss-reactive ketones (excluding diaryl/α,β-unsaturated/α-hetero) is 1. The maximum Gasteiger partial charge on any atom is 0.295 e. The maximum absolute atomic E-state index is 13.3. The highest BCUT2D eigenvalue weighted by Gasteiger charge is 2.46. The standard InChI is InChI=1S/C30H40N2O4/c1-8-31(9-2)17-18-32-26(21-11-14-23(15-12-21)30(5,6)7)25(28(34)29(32)35)27(33)22-13-16-24(36-10-3)20(4)19-22/h11-16,19,26,33H,8-10,17-18H2,1-7H3. The lowest BCUT2D eigenvalue weighted by Crippen LogP contribution is -2.38. The number of likely N-dealkylation sites (N-methyl/N-ethyl adjacent to an activating group) is 1. The molecule has 0 aliphatic carbocycles. The van der Waals surface area contributed by atoms with Gasteiger partial charge in [0.1, 0.15) is 11.5 Å². The molecular weight excluding hydrogens is 452 g/mol. The van der Waals surface area contributed by atoms with Crippen LogP contribution in [0.5, 0.6) is 5.75 Å². The normalized spacial score (nSPS) is 17.8. The van der Waals surface area contributed by atoms with Gasteiger partial charge in [-0.25, -0.2) is 0 Å². The van der Waals surface area contributed by atoms with Gasteiger partial charge in [-0.3, -0.25) is 9.59 Å². The lowest BCUT2D eigenvalue weighted by Gasteiger charge is -2.28. The Hall–Kier alpha value is -3.12. The predicted octanol–water partition coefficient (Wildman–Crippen LogP) is 5.45. The Morgan fingerprint density at radius 2 is 1.67 bits per heavy atom. The summed E-state index contributed by atoms with van der Waals surface area (Å²) in [6.45, 7) is 17.7. The molecule has 2 aromatic carbocycles. The van der Waals surface area contributed by atoms with Gasteiger partial charge in [0.05, 0.1) is 18.2 Å². The van der Waals surface area contributed by atoms with E-state index < -0.39 is 17.7 Å². The summed E-state index contributed by atoms with van der Waals surface area (Å²) < 4.78 is 5.63. The molecule has 6 heteroatoms. The summed E-state index contributed by atoms with van der Waals surface area (Å²) in [5.74, 6) is -0.655. The van der Waals surface area contributed by atoms with Crippen LogP contribution in [0.1, 0.15) is 69.8 Å². The first kappa shape index (κ1) is 27.5. The minimum atomic E-state index is -0.651. The minimum absolute atomic E-state index is 0.0249. The van der Waals surface area contributed by atoms with E-state index in [1.807, 2.05) is 38.1 Å². The fourth-order valence-electron chi connectivity index (χ4n) is 4.68. The molecule has 1 heterocycles. The largest absolute Gasteiger partial charge is 0.507 e. The SMILES string of the molecule is CCOc1ccc(C(O)=C2C(=O)C(=O)N(CCN(CC)CC)C2c2ccc(C(C)(C)C)cc2)cc1C. The van der Waals surface area contributed by atoms with Crippen LogP contribution >= 0.6 is 0 Å². The molecule has 6 nitrogen and oxygen atoms in total. The number of carbonyl (C=O) groups excluding carboxylic acids is 2. The van der Waals surface area contributed by atoms with Gasteiger partial charge in [0.25, 0.3) is 11.7 Å². The van der Waals surface area contributed by atoms with Crippen molar-refractivity contribution in [3.05, 3.63) is 70.3 Å². The molecule has 1 saturated heterocycles. The number of hydrogen-bond acceptors (Lipinski definition) is 5. The average Bonchev–Trinajstić information content (AvgIpc) is 3.10. The van der Waals surface area contributed by atoms with Crippen LogP contribution in [0.25, 0.3) is 5.76 Å². The van der Waals surface area contributed by atoms with Crippen molar-refractivity contribution in [1.29, 1.82) is 0 Å². The van der Waals surface area contributed by atoms with E-state index in [9.17, 15) is 14.7 Å². The Morgan fingerprint density at radius 3 is 2.19 bits per heavy atom. The first-order valence-corrected chi connectivity index (χ1v) is 12.9. The third kappa shape index (κ3) is 5.65. The van der Waals surface area contributed by atoms with E-state index in [1.54, 1.807) is 23.1 Å². The summed E-state index contributed by atoms with van der Waals surface area (Å²) >= 11 is 0. The Bertz CT molecular complexity index is 1120.